The first-order chi connectivity index (χ1) is 29.6. The van der Waals surface area contributed by atoms with Crippen molar-refractivity contribution in [1.82, 2.24) is 31.9 Å². The predicted octanol–water partition coefficient (Wildman–Crippen LogP) is 3.25. The second kappa shape index (κ2) is 29.3. The summed E-state index contributed by atoms with van der Waals surface area (Å²) in [5.74, 6) is -9.15. The van der Waals surface area contributed by atoms with Gasteiger partial charge in [0.25, 0.3) is 0 Å². The van der Waals surface area contributed by atoms with Gasteiger partial charge in [-0.25, -0.2) is 0 Å². The Hall–Kier alpha value is -5.16. The molecule has 0 aromatic rings. The maximum atomic E-state index is 14.2. The molecule has 0 saturated heterocycles. The third kappa shape index (κ3) is 22.2. The number of ketones is 2. The Morgan fingerprint density at radius 1 is 0.603 bits per heavy atom. The van der Waals surface area contributed by atoms with E-state index in [2.05, 4.69) is 45.7 Å². The Morgan fingerprint density at radius 3 is 1.70 bits per heavy atom. The van der Waals surface area contributed by atoms with Gasteiger partial charge in [-0.2, -0.15) is 0 Å². The SMILES string of the molecule is CC[C@H](NC(=O)[C@H](CC1CCCCC1)NC(=O)[C@@H](NC(=O)[C@H](CC(C)C)NC(=O)[C@@H](CCC(=O)O)NC(=O)[C@H](CC(=O)O)NC(C)=O)[C@H](C)CC)C(=O)C(=O)/C=C/CCCC(C)C. The Balaban J connectivity index is 3.38. The molecule has 0 heterocycles. The highest BCUT2D eigenvalue weighted by Gasteiger charge is 2.36. The standard InChI is InChI=1S/C45H74N6O12/c1-9-28(7)39(51-44(62)33(23-27(5)6)49-41(59)32(21-22-37(54)55)48-43(61)35(25-38(56)57)46-29(8)52)45(63)50-34(24-30-18-14-12-15-19-30)42(60)47-31(10-2)40(58)36(53)20-16-11-13-17-26(3)4/h16,20,26-28,30-35,39H,9-15,17-19,21-25H2,1-8H3,(H,46,52)(H,47,60)(H,48,61)(H,49,59)(H,50,63)(H,51,62)(H,54,55)(H,56,57)/b20-16+/t28-,31+,32-,33+,34+,35+,39+/m1/s1. The van der Waals surface area contributed by atoms with Crippen molar-refractivity contribution < 1.29 is 58.2 Å². The van der Waals surface area contributed by atoms with Crippen LogP contribution in [0, 0.1) is 23.7 Å². The zero-order valence-electron chi connectivity index (χ0n) is 38.5. The van der Waals surface area contributed by atoms with E-state index in [1.165, 1.54) is 6.08 Å². The quantitative estimate of drug-likeness (QED) is 0.0293. The van der Waals surface area contributed by atoms with E-state index in [-0.39, 0.29) is 31.1 Å². The first-order valence-electron chi connectivity index (χ1n) is 22.6. The van der Waals surface area contributed by atoms with Gasteiger partial charge in [-0.3, -0.25) is 47.9 Å². The molecule has 18 nitrogen and oxygen atoms in total. The number of hydrogen-bond acceptors (Lipinski definition) is 10. The fourth-order valence-electron chi connectivity index (χ4n) is 7.33. The van der Waals surface area contributed by atoms with Crippen molar-refractivity contribution in [2.24, 2.45) is 23.7 Å². The maximum absolute atomic E-state index is 14.2. The summed E-state index contributed by atoms with van der Waals surface area (Å²) in [5.41, 5.74) is 0. The molecule has 0 aliphatic heterocycles. The van der Waals surface area contributed by atoms with Crippen LogP contribution in [0.25, 0.3) is 0 Å². The van der Waals surface area contributed by atoms with Gasteiger partial charge in [-0.1, -0.05) is 99.5 Å². The lowest BCUT2D eigenvalue weighted by Crippen LogP contribution is -2.61. The average Bonchev–Trinajstić information content (AvgIpc) is 3.21. The summed E-state index contributed by atoms with van der Waals surface area (Å²) < 4.78 is 0. The molecular weight excluding hydrogens is 817 g/mol. The molecule has 0 aromatic heterocycles. The van der Waals surface area contributed by atoms with E-state index in [1.807, 2.05) is 0 Å². The van der Waals surface area contributed by atoms with E-state index >= 15 is 0 Å². The molecule has 356 valence electrons. The Labute approximate surface area is 372 Å². The Bertz CT molecular complexity index is 1590. The summed E-state index contributed by atoms with van der Waals surface area (Å²) >= 11 is 0. The number of carbonyl (C=O) groups excluding carboxylic acids is 8. The lowest BCUT2D eigenvalue weighted by molar-refractivity contribution is -0.141. The normalized spacial score (nSPS) is 16.4. The summed E-state index contributed by atoms with van der Waals surface area (Å²) in [4.78, 5) is 130. The van der Waals surface area contributed by atoms with Crippen molar-refractivity contribution >= 4 is 58.9 Å². The first-order valence-corrected chi connectivity index (χ1v) is 22.6. The van der Waals surface area contributed by atoms with Gasteiger partial charge in [0.05, 0.1) is 12.5 Å². The molecule has 1 rings (SSSR count). The smallest absolute Gasteiger partial charge is 0.305 e. The number of allylic oxidation sites excluding steroid dienone is 2. The maximum Gasteiger partial charge on any atom is 0.305 e. The molecule has 0 spiro atoms. The molecule has 1 saturated carbocycles. The summed E-state index contributed by atoms with van der Waals surface area (Å²) in [6.07, 6.45) is 8.99. The molecule has 0 aromatic carbocycles. The van der Waals surface area contributed by atoms with Crippen molar-refractivity contribution in [3.8, 4) is 0 Å². The average molecular weight is 891 g/mol. The van der Waals surface area contributed by atoms with Gasteiger partial charge in [0.1, 0.15) is 30.2 Å². The van der Waals surface area contributed by atoms with Crippen molar-refractivity contribution in [1.29, 1.82) is 0 Å². The number of amides is 6. The third-order valence-corrected chi connectivity index (χ3v) is 11.1. The van der Waals surface area contributed by atoms with Gasteiger partial charge < -0.3 is 42.1 Å². The largest absolute Gasteiger partial charge is 0.481 e. The van der Waals surface area contributed by atoms with Crippen LogP contribution in [0.15, 0.2) is 12.2 Å². The number of unbranched alkanes of at least 4 members (excludes halogenated alkanes) is 1. The molecule has 1 fully saturated rings. The Morgan fingerprint density at radius 2 is 1.16 bits per heavy atom. The molecule has 8 N–H and O–H groups in total. The predicted molar refractivity (Wildman–Crippen MR) is 235 cm³/mol. The number of Topliss-reactive ketones (excluding diaryl/α,β-unsaturated/α-hetero) is 1. The van der Waals surface area contributed by atoms with Gasteiger partial charge in [-0.05, 0) is 68.3 Å². The molecule has 0 unspecified atom stereocenters. The van der Waals surface area contributed by atoms with Crippen molar-refractivity contribution in [2.75, 3.05) is 0 Å². The second-order valence-electron chi connectivity index (χ2n) is 17.6. The molecule has 18 heteroatoms. The second-order valence-corrected chi connectivity index (χ2v) is 17.6. The molecule has 1 aliphatic carbocycles. The topological polar surface area (TPSA) is 283 Å². The van der Waals surface area contributed by atoms with Crippen LogP contribution in [0.5, 0.6) is 0 Å². The highest BCUT2D eigenvalue weighted by atomic mass is 16.4. The van der Waals surface area contributed by atoms with E-state index in [0.29, 0.717) is 18.8 Å². The zero-order valence-corrected chi connectivity index (χ0v) is 38.5. The molecule has 6 amide bonds. The number of nitrogens with one attached hydrogen (secondary N) is 6. The van der Waals surface area contributed by atoms with Crippen molar-refractivity contribution in [3.63, 3.8) is 0 Å². The summed E-state index contributed by atoms with van der Waals surface area (Å²) in [5, 5.41) is 34.0. The third-order valence-electron chi connectivity index (χ3n) is 11.1. The first kappa shape index (κ1) is 55.9. The van der Waals surface area contributed by atoms with Crippen LogP contribution in [0.3, 0.4) is 0 Å². The fraction of sp³-hybridized carbons (Fsp3) is 0.733. The lowest BCUT2D eigenvalue weighted by Gasteiger charge is -2.31. The summed E-state index contributed by atoms with van der Waals surface area (Å²) in [6.45, 7) is 14.0. The molecule has 7 atom stereocenters. The van der Waals surface area contributed by atoms with Crippen LogP contribution >= 0.6 is 0 Å². The van der Waals surface area contributed by atoms with Gasteiger partial charge in [0.2, 0.25) is 47.0 Å². The molecule has 1 aliphatic rings. The monoisotopic (exact) mass is 891 g/mol. The highest BCUT2D eigenvalue weighted by molar-refractivity contribution is 6.43. The zero-order chi connectivity index (χ0) is 47.8. The van der Waals surface area contributed by atoms with E-state index in [9.17, 15) is 58.2 Å². The lowest BCUT2D eigenvalue weighted by atomic mass is 9.84. The minimum atomic E-state index is -1.59. The van der Waals surface area contributed by atoms with E-state index in [0.717, 1.165) is 51.9 Å². The van der Waals surface area contributed by atoms with Crippen LogP contribution in [0.1, 0.15) is 152 Å². The number of aliphatic carboxylic acids is 2. The molecule has 0 radical (unpaired) electrons. The minimum Gasteiger partial charge on any atom is -0.481 e. The van der Waals surface area contributed by atoms with Gasteiger partial charge in [-0.15, -0.1) is 0 Å². The van der Waals surface area contributed by atoms with E-state index in [1.54, 1.807) is 40.7 Å². The van der Waals surface area contributed by atoms with Crippen LogP contribution in [-0.4, -0.2) is 105 Å². The van der Waals surface area contributed by atoms with Gasteiger partial charge in [0, 0.05) is 13.3 Å². The number of hydrogen-bond donors (Lipinski definition) is 8. The fourth-order valence-corrected chi connectivity index (χ4v) is 7.33. The highest BCUT2D eigenvalue weighted by Crippen LogP contribution is 2.28. The summed E-state index contributed by atoms with van der Waals surface area (Å²) in [6, 6.07) is -7.90. The summed E-state index contributed by atoms with van der Waals surface area (Å²) in [7, 11) is 0. The number of carboxylic acids is 2. The molecule has 63 heavy (non-hydrogen) atoms. The van der Waals surface area contributed by atoms with Crippen molar-refractivity contribution in [3.05, 3.63) is 12.2 Å². The van der Waals surface area contributed by atoms with Crippen LogP contribution in [0.4, 0.5) is 0 Å². The number of rotatable bonds is 30. The van der Waals surface area contributed by atoms with Crippen LogP contribution in [0.2, 0.25) is 0 Å². The minimum absolute atomic E-state index is 0.0462. The van der Waals surface area contributed by atoms with E-state index in [4.69, 9.17) is 0 Å². The molecule has 0 bridgehead atoms. The van der Waals surface area contributed by atoms with Gasteiger partial charge in [0.15, 0.2) is 0 Å². The van der Waals surface area contributed by atoms with E-state index < -0.39 is 120 Å². The van der Waals surface area contributed by atoms with Crippen molar-refractivity contribution in [2.45, 2.75) is 188 Å². The van der Waals surface area contributed by atoms with Crippen LogP contribution < -0.4 is 31.9 Å². The molecular formula is C45H74N6O12. The Kier molecular flexibility index (Phi) is 25.9. The van der Waals surface area contributed by atoms with Gasteiger partial charge >= 0.3 is 11.9 Å². The van der Waals surface area contributed by atoms with Crippen LogP contribution in [-0.2, 0) is 47.9 Å². The number of carboxylic acid groups (broad SMARTS) is 2. The number of carbonyl (C=O) groups is 10.